The zero-order valence-corrected chi connectivity index (χ0v) is 27.2. The smallest absolute Gasteiger partial charge is 0.420 e. The molecule has 12 nitrogen and oxygen atoms in total. The van der Waals surface area contributed by atoms with Crippen molar-refractivity contribution in [2.24, 2.45) is 0 Å². The van der Waals surface area contributed by atoms with E-state index in [0.29, 0.717) is 59.9 Å². The SMILES string of the molecule is CCOc1ccc(N(C(=O)OC(C)(C)C)c2c(C)c(OC3CN(C(=O)OCc4ccccc4)CC/C3=C/C=O)nc3ccnn23)cc1. The first kappa shape index (κ1) is 33.0. The predicted octanol–water partition coefficient (Wildman–Crippen LogP) is 6.42. The van der Waals surface area contributed by atoms with E-state index < -0.39 is 23.9 Å². The van der Waals surface area contributed by atoms with Gasteiger partial charge in [-0.15, -0.1) is 0 Å². The average Bonchev–Trinajstić information content (AvgIpc) is 3.51. The number of allylic oxidation sites excluding steroid dienone is 1. The van der Waals surface area contributed by atoms with Crippen molar-refractivity contribution >= 4 is 35.6 Å². The van der Waals surface area contributed by atoms with Crippen LogP contribution in [0.25, 0.3) is 5.65 Å². The summed E-state index contributed by atoms with van der Waals surface area (Å²) in [5.41, 5.74) is 2.19. The van der Waals surface area contributed by atoms with E-state index in [0.717, 1.165) is 5.56 Å². The molecule has 12 heteroatoms. The molecule has 0 aliphatic carbocycles. The lowest BCUT2D eigenvalue weighted by Crippen LogP contribution is -2.46. The number of hydrogen-bond donors (Lipinski definition) is 0. The number of fused-ring (bicyclic) bond motifs is 1. The summed E-state index contributed by atoms with van der Waals surface area (Å²) >= 11 is 0. The van der Waals surface area contributed by atoms with E-state index in [9.17, 15) is 14.4 Å². The van der Waals surface area contributed by atoms with Crippen LogP contribution in [0.15, 0.2) is 78.5 Å². The Morgan fingerprint density at radius 2 is 1.81 bits per heavy atom. The highest BCUT2D eigenvalue weighted by Crippen LogP contribution is 2.36. The summed E-state index contributed by atoms with van der Waals surface area (Å²) in [5.74, 6) is 1.21. The highest BCUT2D eigenvalue weighted by molar-refractivity contribution is 5.96. The Bertz CT molecular complexity index is 1750. The molecule has 0 spiro atoms. The van der Waals surface area contributed by atoms with E-state index in [4.69, 9.17) is 23.9 Å². The van der Waals surface area contributed by atoms with Crippen molar-refractivity contribution in [3.8, 4) is 11.6 Å². The van der Waals surface area contributed by atoms with Gasteiger partial charge in [0.05, 0.1) is 30.6 Å². The standard InChI is InChI=1S/C35H39N5O7/c1-6-44-28-14-12-27(13-15-28)39(34(43)47-35(3,4)5)32-24(2)31(37-30-16-19-36-40(30)32)46-29-22-38(20-17-26(29)18-21-41)33(42)45-23-25-10-8-7-9-11-25/h7-16,18-19,21,29H,6,17,20,22-23H2,1-5H3/b26-18-. The number of hydrogen-bond acceptors (Lipinski definition) is 9. The fraction of sp³-hybridized carbons (Fsp3) is 0.343. The topological polar surface area (TPSA) is 125 Å². The summed E-state index contributed by atoms with van der Waals surface area (Å²) in [5, 5.41) is 4.46. The second kappa shape index (κ2) is 14.4. The Kier molecular flexibility index (Phi) is 10.1. The quantitative estimate of drug-likeness (QED) is 0.150. The molecule has 5 rings (SSSR count). The van der Waals surface area contributed by atoms with Crippen LogP contribution in [0.2, 0.25) is 0 Å². The van der Waals surface area contributed by atoms with Crippen molar-refractivity contribution in [1.82, 2.24) is 19.5 Å². The molecule has 4 aromatic rings. The van der Waals surface area contributed by atoms with E-state index >= 15 is 0 Å². The Morgan fingerprint density at radius 3 is 2.49 bits per heavy atom. The molecule has 2 aromatic carbocycles. The van der Waals surface area contributed by atoms with Gasteiger partial charge in [-0.1, -0.05) is 30.3 Å². The molecule has 47 heavy (non-hydrogen) atoms. The Hall–Kier alpha value is -5.39. The van der Waals surface area contributed by atoms with Gasteiger partial charge in [0, 0.05) is 12.6 Å². The maximum absolute atomic E-state index is 13.9. The van der Waals surface area contributed by atoms with Gasteiger partial charge in [-0.2, -0.15) is 14.6 Å². The van der Waals surface area contributed by atoms with E-state index in [1.165, 1.54) is 11.0 Å². The van der Waals surface area contributed by atoms with Gasteiger partial charge in [-0.05, 0) is 82.5 Å². The highest BCUT2D eigenvalue weighted by Gasteiger charge is 2.33. The fourth-order valence-corrected chi connectivity index (χ4v) is 5.18. The molecule has 1 saturated heterocycles. The zero-order valence-electron chi connectivity index (χ0n) is 27.2. The number of benzene rings is 2. The number of anilines is 2. The molecule has 1 atom stereocenters. The molecule has 0 radical (unpaired) electrons. The number of aldehydes is 1. The summed E-state index contributed by atoms with van der Waals surface area (Å²) in [7, 11) is 0. The molecular formula is C35H39N5O7. The average molecular weight is 642 g/mol. The van der Waals surface area contributed by atoms with Gasteiger partial charge in [-0.25, -0.2) is 14.5 Å². The lowest BCUT2D eigenvalue weighted by Gasteiger charge is -2.34. The molecule has 0 bridgehead atoms. The van der Waals surface area contributed by atoms with Gasteiger partial charge in [0.2, 0.25) is 5.88 Å². The first-order chi connectivity index (χ1) is 22.6. The third-order valence-corrected chi connectivity index (χ3v) is 7.36. The summed E-state index contributed by atoms with van der Waals surface area (Å²) in [6, 6.07) is 18.2. The van der Waals surface area contributed by atoms with E-state index in [2.05, 4.69) is 5.10 Å². The van der Waals surface area contributed by atoms with Crippen molar-refractivity contribution in [2.45, 2.75) is 59.4 Å². The van der Waals surface area contributed by atoms with Crippen LogP contribution in [0.3, 0.4) is 0 Å². The molecule has 1 aliphatic rings. The summed E-state index contributed by atoms with van der Waals surface area (Å²) in [6.07, 6.45) is 2.31. The number of rotatable bonds is 9. The Balaban J connectivity index is 1.50. The van der Waals surface area contributed by atoms with E-state index in [-0.39, 0.29) is 19.0 Å². The van der Waals surface area contributed by atoms with Gasteiger partial charge >= 0.3 is 12.2 Å². The first-order valence-electron chi connectivity index (χ1n) is 15.4. The number of amides is 2. The largest absolute Gasteiger partial charge is 0.494 e. The number of ether oxygens (including phenoxy) is 4. The van der Waals surface area contributed by atoms with Crippen molar-refractivity contribution < 1.29 is 33.3 Å². The van der Waals surface area contributed by atoms with Crippen LogP contribution in [-0.2, 0) is 20.9 Å². The number of carbonyl (C=O) groups is 3. The van der Waals surface area contributed by atoms with Crippen molar-refractivity contribution in [2.75, 3.05) is 24.6 Å². The van der Waals surface area contributed by atoms with Gasteiger partial charge in [0.25, 0.3) is 0 Å². The second-order valence-electron chi connectivity index (χ2n) is 11.9. The molecule has 246 valence electrons. The fourth-order valence-electron chi connectivity index (χ4n) is 5.18. The van der Waals surface area contributed by atoms with Gasteiger partial charge < -0.3 is 23.8 Å². The molecule has 2 amide bonds. The molecule has 2 aromatic heterocycles. The summed E-state index contributed by atoms with van der Waals surface area (Å²) in [6.45, 7) is 10.1. The maximum Gasteiger partial charge on any atom is 0.420 e. The van der Waals surface area contributed by atoms with E-state index in [1.54, 1.807) is 73.6 Å². The highest BCUT2D eigenvalue weighted by atomic mass is 16.6. The molecule has 1 unspecified atom stereocenters. The minimum atomic E-state index is -0.792. The van der Waals surface area contributed by atoms with Gasteiger partial charge in [-0.3, -0.25) is 4.79 Å². The van der Waals surface area contributed by atoms with Crippen LogP contribution in [-0.4, -0.2) is 69.4 Å². The molecule has 0 saturated carbocycles. The molecule has 1 aliphatic heterocycles. The maximum atomic E-state index is 13.9. The van der Waals surface area contributed by atoms with Crippen LogP contribution in [0.4, 0.5) is 21.1 Å². The molecular weight excluding hydrogens is 602 g/mol. The normalized spacial score (nSPS) is 15.7. The van der Waals surface area contributed by atoms with Crippen molar-refractivity contribution in [3.05, 3.63) is 89.6 Å². The number of piperidine rings is 1. The minimum absolute atomic E-state index is 0.128. The molecule has 1 fully saturated rings. The number of likely N-dealkylation sites (tertiary alicyclic amines) is 1. The number of nitrogens with zero attached hydrogens (tertiary/aromatic N) is 5. The van der Waals surface area contributed by atoms with Crippen LogP contribution < -0.4 is 14.4 Å². The molecule has 0 N–H and O–H groups in total. The van der Waals surface area contributed by atoms with Crippen LogP contribution in [0.5, 0.6) is 11.6 Å². The van der Waals surface area contributed by atoms with E-state index in [1.807, 2.05) is 37.3 Å². The van der Waals surface area contributed by atoms with Gasteiger partial charge in [0.1, 0.15) is 30.3 Å². The van der Waals surface area contributed by atoms with Crippen LogP contribution >= 0.6 is 0 Å². The summed E-state index contributed by atoms with van der Waals surface area (Å²) < 4.78 is 25.1. The Morgan fingerprint density at radius 1 is 1.06 bits per heavy atom. The lowest BCUT2D eigenvalue weighted by molar-refractivity contribution is -0.104. The zero-order chi connectivity index (χ0) is 33.6. The van der Waals surface area contributed by atoms with Gasteiger partial charge in [0.15, 0.2) is 11.5 Å². The number of carbonyl (C=O) groups excluding carboxylic acids is 3. The third-order valence-electron chi connectivity index (χ3n) is 7.36. The monoisotopic (exact) mass is 641 g/mol. The van der Waals surface area contributed by atoms with Crippen molar-refractivity contribution in [3.63, 3.8) is 0 Å². The number of aromatic nitrogens is 3. The summed E-state index contributed by atoms with van der Waals surface area (Å²) in [4.78, 5) is 46.2. The predicted molar refractivity (Wildman–Crippen MR) is 175 cm³/mol. The lowest BCUT2D eigenvalue weighted by atomic mass is 10.0. The van der Waals surface area contributed by atoms with Crippen LogP contribution in [0.1, 0.15) is 45.2 Å². The van der Waals surface area contributed by atoms with Crippen LogP contribution in [0, 0.1) is 6.92 Å². The Labute approximate surface area is 273 Å². The van der Waals surface area contributed by atoms with Crippen molar-refractivity contribution in [1.29, 1.82) is 0 Å². The molecule has 3 heterocycles. The first-order valence-corrected chi connectivity index (χ1v) is 15.4. The second-order valence-corrected chi connectivity index (χ2v) is 11.9. The third kappa shape index (κ3) is 7.89. The minimum Gasteiger partial charge on any atom is -0.494 e.